The number of hydrogen-bond acceptors (Lipinski definition) is 5. The van der Waals surface area contributed by atoms with Crippen LogP contribution < -0.4 is 5.32 Å². The summed E-state index contributed by atoms with van der Waals surface area (Å²) in [5, 5.41) is 10.1. The molecule has 1 aliphatic heterocycles. The topological polar surface area (TPSA) is 42.7 Å². The van der Waals surface area contributed by atoms with Crippen LogP contribution in [0.4, 0.5) is 0 Å². The summed E-state index contributed by atoms with van der Waals surface area (Å²) in [5.74, 6) is 2.34. The van der Waals surface area contributed by atoms with Crippen molar-refractivity contribution in [2.24, 2.45) is 0 Å². The Morgan fingerprint density at radius 3 is 2.85 bits per heavy atom. The standard InChI is InChI=1S/C14H26N4S2/c1-5-15-12(7-14-16-9-17-18(14)6-2)13-8-19-10(3)11(4)20-13/h9-13,15H,5-8H2,1-4H3. The fourth-order valence-corrected chi connectivity index (χ4v) is 5.65. The fourth-order valence-electron chi connectivity index (χ4n) is 2.52. The van der Waals surface area contributed by atoms with Gasteiger partial charge >= 0.3 is 0 Å². The first-order valence-corrected chi connectivity index (χ1v) is 9.52. The molecule has 1 fully saturated rings. The summed E-state index contributed by atoms with van der Waals surface area (Å²) < 4.78 is 2.01. The van der Waals surface area contributed by atoms with E-state index in [9.17, 15) is 0 Å². The summed E-state index contributed by atoms with van der Waals surface area (Å²) in [6.07, 6.45) is 2.65. The summed E-state index contributed by atoms with van der Waals surface area (Å²) in [6.45, 7) is 10.9. The summed E-state index contributed by atoms with van der Waals surface area (Å²) in [4.78, 5) is 4.43. The Hall–Kier alpha value is -0.200. The van der Waals surface area contributed by atoms with Gasteiger partial charge in [0, 0.05) is 40.5 Å². The Balaban J connectivity index is 2.03. The van der Waals surface area contributed by atoms with Crippen LogP contribution in [0, 0.1) is 0 Å². The Kier molecular flexibility index (Phi) is 6.23. The second-order valence-electron chi connectivity index (χ2n) is 5.28. The second-order valence-corrected chi connectivity index (χ2v) is 8.31. The quantitative estimate of drug-likeness (QED) is 0.873. The van der Waals surface area contributed by atoms with Gasteiger partial charge in [-0.2, -0.15) is 28.6 Å². The average molecular weight is 315 g/mol. The van der Waals surface area contributed by atoms with Crippen LogP contribution in [-0.2, 0) is 13.0 Å². The van der Waals surface area contributed by atoms with E-state index in [0.29, 0.717) is 11.3 Å². The molecule has 4 nitrogen and oxygen atoms in total. The Morgan fingerprint density at radius 1 is 1.40 bits per heavy atom. The highest BCUT2D eigenvalue weighted by molar-refractivity contribution is 8.07. The predicted molar refractivity (Wildman–Crippen MR) is 89.6 cm³/mol. The molecule has 0 aliphatic carbocycles. The van der Waals surface area contributed by atoms with Crippen molar-refractivity contribution in [1.82, 2.24) is 20.1 Å². The molecule has 20 heavy (non-hydrogen) atoms. The Labute approximate surface area is 130 Å². The van der Waals surface area contributed by atoms with E-state index < -0.39 is 0 Å². The molecule has 0 radical (unpaired) electrons. The molecule has 114 valence electrons. The highest BCUT2D eigenvalue weighted by atomic mass is 32.2. The van der Waals surface area contributed by atoms with E-state index in [1.54, 1.807) is 6.33 Å². The molecule has 1 aliphatic rings. The fraction of sp³-hybridized carbons (Fsp3) is 0.857. The molecule has 1 aromatic heterocycles. The SMILES string of the molecule is CCNC(Cc1ncnn1CC)C1CSC(C)C(C)S1. The number of rotatable bonds is 6. The number of nitrogens with one attached hydrogen (secondary N) is 1. The first-order valence-electron chi connectivity index (χ1n) is 7.52. The molecule has 2 rings (SSSR count). The summed E-state index contributed by atoms with van der Waals surface area (Å²) in [5.41, 5.74) is 0. The van der Waals surface area contributed by atoms with E-state index in [4.69, 9.17) is 0 Å². The maximum atomic E-state index is 4.43. The average Bonchev–Trinajstić information content (AvgIpc) is 2.88. The lowest BCUT2D eigenvalue weighted by atomic mass is 10.1. The molecule has 0 aromatic carbocycles. The van der Waals surface area contributed by atoms with Gasteiger partial charge in [-0.3, -0.25) is 4.68 Å². The van der Waals surface area contributed by atoms with Crippen molar-refractivity contribution in [3.63, 3.8) is 0 Å². The van der Waals surface area contributed by atoms with Crippen LogP contribution in [0.5, 0.6) is 0 Å². The number of aromatic nitrogens is 3. The molecule has 6 heteroatoms. The number of nitrogens with zero attached hydrogens (tertiary/aromatic N) is 3. The molecule has 4 unspecified atom stereocenters. The van der Waals surface area contributed by atoms with Gasteiger partial charge in [0.1, 0.15) is 12.2 Å². The van der Waals surface area contributed by atoms with Crippen LogP contribution in [-0.4, -0.2) is 48.9 Å². The highest BCUT2D eigenvalue weighted by Crippen LogP contribution is 2.37. The van der Waals surface area contributed by atoms with Crippen LogP contribution in [0.25, 0.3) is 0 Å². The van der Waals surface area contributed by atoms with Crippen molar-refractivity contribution in [3.8, 4) is 0 Å². The van der Waals surface area contributed by atoms with Gasteiger partial charge in [-0.25, -0.2) is 4.98 Å². The Bertz CT molecular complexity index is 410. The van der Waals surface area contributed by atoms with E-state index in [1.807, 2.05) is 4.68 Å². The molecular weight excluding hydrogens is 288 g/mol. The molecule has 1 N–H and O–H groups in total. The highest BCUT2D eigenvalue weighted by Gasteiger charge is 2.31. The first-order chi connectivity index (χ1) is 9.65. The van der Waals surface area contributed by atoms with Crippen molar-refractivity contribution in [2.45, 2.75) is 62.5 Å². The zero-order valence-corrected chi connectivity index (χ0v) is 14.5. The lowest BCUT2D eigenvalue weighted by Gasteiger charge is -2.36. The number of thioether (sulfide) groups is 2. The van der Waals surface area contributed by atoms with Gasteiger partial charge in [0.2, 0.25) is 0 Å². The monoisotopic (exact) mass is 314 g/mol. The lowest BCUT2D eigenvalue weighted by molar-refractivity contribution is 0.489. The van der Waals surface area contributed by atoms with E-state index in [0.717, 1.165) is 35.8 Å². The first kappa shape index (κ1) is 16.2. The van der Waals surface area contributed by atoms with Crippen molar-refractivity contribution in [2.75, 3.05) is 12.3 Å². The minimum atomic E-state index is 0.488. The normalized spacial score (nSPS) is 28.5. The van der Waals surface area contributed by atoms with Gasteiger partial charge < -0.3 is 5.32 Å². The summed E-state index contributed by atoms with van der Waals surface area (Å²) >= 11 is 4.24. The van der Waals surface area contributed by atoms with Gasteiger partial charge in [-0.05, 0) is 13.5 Å². The maximum Gasteiger partial charge on any atom is 0.138 e. The summed E-state index contributed by atoms with van der Waals surface area (Å²) in [7, 11) is 0. The predicted octanol–water partition coefficient (Wildman–Crippen LogP) is 2.44. The lowest BCUT2D eigenvalue weighted by Crippen LogP contribution is -2.45. The van der Waals surface area contributed by atoms with E-state index in [-0.39, 0.29) is 0 Å². The van der Waals surface area contributed by atoms with Crippen LogP contribution in [0.3, 0.4) is 0 Å². The Morgan fingerprint density at radius 2 is 2.20 bits per heavy atom. The number of hydrogen-bond donors (Lipinski definition) is 1. The van der Waals surface area contributed by atoms with Gasteiger partial charge in [0.15, 0.2) is 0 Å². The summed E-state index contributed by atoms with van der Waals surface area (Å²) in [6, 6.07) is 0.488. The largest absolute Gasteiger partial charge is 0.313 e. The van der Waals surface area contributed by atoms with Gasteiger partial charge in [-0.15, -0.1) is 0 Å². The molecule has 1 aromatic rings. The minimum absolute atomic E-state index is 0.488. The zero-order chi connectivity index (χ0) is 14.5. The molecule has 0 spiro atoms. The van der Waals surface area contributed by atoms with Crippen LogP contribution >= 0.6 is 23.5 Å². The van der Waals surface area contributed by atoms with Gasteiger partial charge in [0.05, 0.1) is 0 Å². The number of aryl methyl sites for hydroxylation is 1. The minimum Gasteiger partial charge on any atom is -0.313 e. The third-order valence-corrected chi connectivity index (χ3v) is 7.44. The molecule has 4 atom stereocenters. The molecule has 0 amide bonds. The maximum absolute atomic E-state index is 4.43. The molecular formula is C14H26N4S2. The third kappa shape index (κ3) is 3.92. The van der Waals surface area contributed by atoms with Crippen molar-refractivity contribution >= 4 is 23.5 Å². The van der Waals surface area contributed by atoms with E-state index >= 15 is 0 Å². The van der Waals surface area contributed by atoms with Crippen molar-refractivity contribution in [1.29, 1.82) is 0 Å². The van der Waals surface area contributed by atoms with E-state index in [1.165, 1.54) is 5.75 Å². The smallest absolute Gasteiger partial charge is 0.138 e. The van der Waals surface area contributed by atoms with E-state index in [2.05, 4.69) is 66.6 Å². The molecule has 0 bridgehead atoms. The van der Waals surface area contributed by atoms with Crippen molar-refractivity contribution in [3.05, 3.63) is 12.2 Å². The number of likely N-dealkylation sites (N-methyl/N-ethyl adjacent to an activating group) is 1. The second kappa shape index (κ2) is 7.71. The van der Waals surface area contributed by atoms with Gasteiger partial charge in [0.25, 0.3) is 0 Å². The van der Waals surface area contributed by atoms with Crippen molar-refractivity contribution < 1.29 is 0 Å². The van der Waals surface area contributed by atoms with Crippen LogP contribution in [0.15, 0.2) is 6.33 Å². The third-order valence-electron chi connectivity index (χ3n) is 3.89. The molecule has 2 heterocycles. The molecule has 0 saturated carbocycles. The van der Waals surface area contributed by atoms with Crippen LogP contribution in [0.1, 0.15) is 33.5 Å². The zero-order valence-electron chi connectivity index (χ0n) is 12.9. The van der Waals surface area contributed by atoms with Gasteiger partial charge in [-0.1, -0.05) is 20.8 Å². The van der Waals surface area contributed by atoms with Crippen LogP contribution in [0.2, 0.25) is 0 Å². The molecule has 1 saturated heterocycles.